The van der Waals surface area contributed by atoms with Crippen LogP contribution in [0.3, 0.4) is 0 Å². The number of ketones is 1. The number of hydrogen-bond acceptors (Lipinski definition) is 1. The molecule has 2 aromatic carbocycles. The number of carbonyl (C=O) groups excluding carboxylic acids is 1. The van der Waals surface area contributed by atoms with Crippen LogP contribution in [0.15, 0.2) is 48.7 Å². The molecule has 2 aliphatic rings. The number of hydrogen-bond donors (Lipinski definition) is 0. The molecule has 0 radical (unpaired) electrons. The first-order chi connectivity index (χ1) is 14.7. The third-order valence-corrected chi connectivity index (χ3v) is 6.87. The standard InChI is InChI=1S/C26H28ClN2O/c27-23-13-11-20(12-14-23)24-17-28(26-8-2-1-5-15-29(24)26)18-25(30)22-10-9-19-6-3-4-7-21(19)16-22/h9-14,16-17H,1-8,15,18H2/q+1. The molecule has 0 fully saturated rings. The fraction of sp³-hybridized carbons (Fsp3) is 0.385. The van der Waals surface area contributed by atoms with Crippen molar-refractivity contribution in [2.24, 2.45) is 0 Å². The number of aryl methyl sites for hydroxylation is 2. The minimum absolute atomic E-state index is 0.202. The summed E-state index contributed by atoms with van der Waals surface area (Å²) in [6.07, 6.45) is 11.5. The van der Waals surface area contributed by atoms with Gasteiger partial charge in [-0.15, -0.1) is 0 Å². The van der Waals surface area contributed by atoms with E-state index in [1.54, 1.807) is 0 Å². The lowest BCUT2D eigenvalue weighted by Crippen LogP contribution is -2.40. The molecule has 30 heavy (non-hydrogen) atoms. The summed E-state index contributed by atoms with van der Waals surface area (Å²) >= 11 is 6.10. The molecule has 1 aromatic heterocycles. The highest BCUT2D eigenvalue weighted by Gasteiger charge is 2.27. The van der Waals surface area contributed by atoms with Gasteiger partial charge in [-0.1, -0.05) is 23.7 Å². The zero-order valence-electron chi connectivity index (χ0n) is 17.4. The second-order valence-corrected chi connectivity index (χ2v) is 9.08. The summed E-state index contributed by atoms with van der Waals surface area (Å²) in [4.78, 5) is 13.2. The summed E-state index contributed by atoms with van der Waals surface area (Å²) in [5, 5.41) is 0.747. The molecule has 3 aromatic rings. The molecule has 0 bridgehead atoms. The topological polar surface area (TPSA) is 25.9 Å². The van der Waals surface area contributed by atoms with Crippen molar-refractivity contribution in [3.8, 4) is 11.3 Å². The lowest BCUT2D eigenvalue weighted by Gasteiger charge is -2.16. The molecule has 0 saturated carbocycles. The van der Waals surface area contributed by atoms with Gasteiger partial charge in [-0.2, -0.15) is 0 Å². The SMILES string of the molecule is O=C(C[n+]1cc(-c2ccc(Cl)cc2)n2c1CCCCC2)c1ccc2c(c1)CCCC2. The lowest BCUT2D eigenvalue weighted by molar-refractivity contribution is -0.690. The molecule has 4 heteroatoms. The molecule has 0 saturated heterocycles. The molecular formula is C26H28ClN2O+. The first-order valence-corrected chi connectivity index (χ1v) is 11.6. The van der Waals surface area contributed by atoms with Crippen LogP contribution in [0.25, 0.3) is 11.3 Å². The van der Waals surface area contributed by atoms with E-state index in [4.69, 9.17) is 11.6 Å². The molecule has 5 rings (SSSR count). The molecule has 0 amide bonds. The minimum atomic E-state index is 0.202. The maximum atomic E-state index is 13.2. The Morgan fingerprint density at radius 2 is 1.67 bits per heavy atom. The first-order valence-electron chi connectivity index (χ1n) is 11.2. The highest BCUT2D eigenvalue weighted by atomic mass is 35.5. The predicted molar refractivity (Wildman–Crippen MR) is 120 cm³/mol. The monoisotopic (exact) mass is 419 g/mol. The molecule has 0 unspecified atom stereocenters. The van der Waals surface area contributed by atoms with Crippen molar-refractivity contribution in [1.29, 1.82) is 0 Å². The lowest BCUT2D eigenvalue weighted by atomic mass is 9.90. The van der Waals surface area contributed by atoms with E-state index in [0.717, 1.165) is 42.0 Å². The normalized spacial score (nSPS) is 15.9. The fourth-order valence-corrected chi connectivity index (χ4v) is 5.11. The Hall–Kier alpha value is -2.39. The van der Waals surface area contributed by atoms with Crippen molar-refractivity contribution in [1.82, 2.24) is 4.57 Å². The zero-order chi connectivity index (χ0) is 20.5. The fourth-order valence-electron chi connectivity index (χ4n) is 4.98. The van der Waals surface area contributed by atoms with Crippen LogP contribution in [0.2, 0.25) is 5.02 Å². The molecule has 1 aliphatic carbocycles. The van der Waals surface area contributed by atoms with Crippen molar-refractivity contribution >= 4 is 17.4 Å². The molecule has 3 nitrogen and oxygen atoms in total. The van der Waals surface area contributed by atoms with E-state index in [0.29, 0.717) is 6.54 Å². The van der Waals surface area contributed by atoms with Gasteiger partial charge in [0.15, 0.2) is 12.2 Å². The summed E-state index contributed by atoms with van der Waals surface area (Å²) < 4.78 is 4.60. The summed E-state index contributed by atoms with van der Waals surface area (Å²) in [7, 11) is 0. The Balaban J connectivity index is 1.48. The van der Waals surface area contributed by atoms with Crippen LogP contribution in [0, 0.1) is 0 Å². The Bertz CT molecular complexity index is 1080. The second-order valence-electron chi connectivity index (χ2n) is 8.64. The Labute approximate surface area is 183 Å². The number of halogens is 1. The molecule has 0 atom stereocenters. The van der Waals surface area contributed by atoms with Crippen LogP contribution < -0.4 is 4.57 Å². The quantitative estimate of drug-likeness (QED) is 0.400. The van der Waals surface area contributed by atoms with Gasteiger partial charge in [-0.25, -0.2) is 9.13 Å². The molecule has 154 valence electrons. The maximum absolute atomic E-state index is 13.2. The highest BCUT2D eigenvalue weighted by Crippen LogP contribution is 2.26. The first kappa shape index (κ1) is 19.6. The summed E-state index contributed by atoms with van der Waals surface area (Å²) in [5.41, 5.74) is 5.98. The average Bonchev–Trinajstić information content (AvgIpc) is 2.94. The van der Waals surface area contributed by atoms with E-state index in [1.165, 1.54) is 54.7 Å². The van der Waals surface area contributed by atoms with Crippen molar-refractivity contribution in [2.45, 2.75) is 64.5 Å². The number of rotatable bonds is 4. The minimum Gasteiger partial charge on any atom is -0.290 e. The van der Waals surface area contributed by atoms with E-state index < -0.39 is 0 Å². The van der Waals surface area contributed by atoms with Gasteiger partial charge in [0.1, 0.15) is 6.20 Å². The van der Waals surface area contributed by atoms with Crippen LogP contribution in [0.1, 0.15) is 59.4 Å². The summed E-state index contributed by atoms with van der Waals surface area (Å²) in [6.45, 7) is 1.41. The van der Waals surface area contributed by atoms with Gasteiger partial charge in [0.05, 0.1) is 6.54 Å². The summed E-state index contributed by atoms with van der Waals surface area (Å²) in [6, 6.07) is 14.4. The largest absolute Gasteiger partial charge is 0.290 e. The van der Waals surface area contributed by atoms with Gasteiger partial charge < -0.3 is 0 Å². The van der Waals surface area contributed by atoms with Crippen molar-refractivity contribution < 1.29 is 9.36 Å². The smallest absolute Gasteiger partial charge is 0.257 e. The number of carbonyl (C=O) groups is 1. The van der Waals surface area contributed by atoms with Crippen LogP contribution in [0.4, 0.5) is 0 Å². The third-order valence-electron chi connectivity index (χ3n) is 6.62. The number of fused-ring (bicyclic) bond motifs is 2. The Kier molecular flexibility index (Phi) is 5.47. The predicted octanol–water partition coefficient (Wildman–Crippen LogP) is 5.58. The number of benzene rings is 2. The molecule has 1 aliphatic heterocycles. The van der Waals surface area contributed by atoms with Crippen LogP contribution in [-0.4, -0.2) is 10.4 Å². The second kappa shape index (κ2) is 8.39. The van der Waals surface area contributed by atoms with Gasteiger partial charge in [0.2, 0.25) is 5.78 Å². The van der Waals surface area contributed by atoms with Gasteiger partial charge in [-0.05, 0) is 86.4 Å². The van der Waals surface area contributed by atoms with Crippen LogP contribution >= 0.6 is 11.6 Å². The number of nitrogens with zero attached hydrogens (tertiary/aromatic N) is 2. The van der Waals surface area contributed by atoms with Gasteiger partial charge in [-0.3, -0.25) is 4.79 Å². The van der Waals surface area contributed by atoms with Crippen LogP contribution in [-0.2, 0) is 32.4 Å². The van der Waals surface area contributed by atoms with E-state index in [1.807, 2.05) is 18.2 Å². The van der Waals surface area contributed by atoms with Gasteiger partial charge in [0.25, 0.3) is 5.82 Å². The van der Waals surface area contributed by atoms with Crippen molar-refractivity contribution in [3.05, 3.63) is 76.2 Å². The Morgan fingerprint density at radius 3 is 2.50 bits per heavy atom. The number of imidazole rings is 1. The number of Topliss-reactive ketones (excluding diaryl/α,β-unsaturated/α-hetero) is 1. The van der Waals surface area contributed by atoms with Gasteiger partial charge >= 0.3 is 0 Å². The zero-order valence-corrected chi connectivity index (χ0v) is 18.1. The van der Waals surface area contributed by atoms with Gasteiger partial charge in [0, 0.05) is 22.6 Å². The molecule has 2 heterocycles. The summed E-state index contributed by atoms with van der Waals surface area (Å²) in [5.74, 6) is 1.47. The Morgan fingerprint density at radius 1 is 0.900 bits per heavy atom. The van der Waals surface area contributed by atoms with E-state index in [2.05, 4.69) is 39.6 Å². The van der Waals surface area contributed by atoms with Crippen molar-refractivity contribution in [3.63, 3.8) is 0 Å². The highest BCUT2D eigenvalue weighted by molar-refractivity contribution is 6.30. The number of aromatic nitrogens is 2. The molecular weight excluding hydrogens is 392 g/mol. The van der Waals surface area contributed by atoms with E-state index >= 15 is 0 Å². The van der Waals surface area contributed by atoms with Crippen LogP contribution in [0.5, 0.6) is 0 Å². The average molecular weight is 420 g/mol. The molecule has 0 N–H and O–H groups in total. The van der Waals surface area contributed by atoms with E-state index in [9.17, 15) is 4.79 Å². The third kappa shape index (κ3) is 3.83. The van der Waals surface area contributed by atoms with Crippen molar-refractivity contribution in [2.75, 3.05) is 0 Å². The van der Waals surface area contributed by atoms with E-state index in [-0.39, 0.29) is 5.78 Å². The maximum Gasteiger partial charge on any atom is 0.257 e. The molecule has 0 spiro atoms.